The van der Waals surface area contributed by atoms with E-state index in [-0.39, 0.29) is 11.3 Å². The van der Waals surface area contributed by atoms with E-state index in [1.54, 1.807) is 0 Å². The fourth-order valence-electron chi connectivity index (χ4n) is 1.33. The van der Waals surface area contributed by atoms with Crippen LogP contribution >= 0.6 is 0 Å². The average molecular weight is 271 g/mol. The molecule has 2 aromatic rings. The van der Waals surface area contributed by atoms with Crippen molar-refractivity contribution in [2.75, 3.05) is 0 Å². The maximum absolute atomic E-state index is 13.3. The summed E-state index contributed by atoms with van der Waals surface area (Å²) in [5.74, 6) is -8.55. The fourth-order valence-corrected chi connectivity index (χ4v) is 1.33. The summed E-state index contributed by atoms with van der Waals surface area (Å²) in [4.78, 5) is 12.9. The third-order valence-electron chi connectivity index (χ3n) is 2.17. The maximum Gasteiger partial charge on any atom is 0.255 e. The zero-order valence-electron chi connectivity index (χ0n) is 9.16. The van der Waals surface area contributed by atoms with Crippen molar-refractivity contribution in [2.24, 2.45) is 0 Å². The number of carbonyl (C=O) groups excluding carboxylic acids is 1. The Balaban J connectivity index is 2.45. The highest BCUT2D eigenvalue weighted by Gasteiger charge is 2.22. The number of nitrogens with zero attached hydrogens (tertiary/aromatic N) is 1. The van der Waals surface area contributed by atoms with Crippen LogP contribution in [0.15, 0.2) is 24.3 Å². The molecular weight excluding hydrogens is 266 g/mol. The lowest BCUT2D eigenvalue weighted by Gasteiger charge is -2.08. The average Bonchev–Trinajstić information content (AvgIpc) is 2.41. The molecule has 19 heavy (non-hydrogen) atoms. The fraction of sp³-hybridized carbons (Fsp3) is 0. The molecule has 3 nitrogen and oxygen atoms in total. The van der Waals surface area contributed by atoms with Crippen LogP contribution < -0.4 is 4.74 Å². The molecule has 0 unspecified atom stereocenters. The molecule has 1 aromatic heterocycles. The lowest BCUT2D eigenvalue weighted by molar-refractivity contribution is 0.112. The molecule has 0 aliphatic carbocycles. The van der Waals surface area contributed by atoms with Gasteiger partial charge in [0.05, 0.1) is 0 Å². The summed E-state index contributed by atoms with van der Waals surface area (Å²) >= 11 is 0. The number of halogens is 4. The van der Waals surface area contributed by atoms with Gasteiger partial charge < -0.3 is 4.74 Å². The third-order valence-corrected chi connectivity index (χ3v) is 2.17. The Morgan fingerprint density at radius 2 is 1.68 bits per heavy atom. The van der Waals surface area contributed by atoms with Gasteiger partial charge in [-0.1, -0.05) is 12.1 Å². The predicted molar refractivity (Wildman–Crippen MR) is 56.0 cm³/mol. The van der Waals surface area contributed by atoms with Gasteiger partial charge >= 0.3 is 0 Å². The van der Waals surface area contributed by atoms with Crippen LogP contribution in [-0.4, -0.2) is 11.3 Å². The quantitative estimate of drug-likeness (QED) is 0.488. The number of aldehydes is 1. The SMILES string of the molecule is O=Cc1cccc(Oc2c(F)c(F)nc(F)c2F)c1. The molecule has 0 aliphatic heterocycles. The van der Waals surface area contributed by atoms with Crippen molar-refractivity contribution < 1.29 is 27.1 Å². The molecular formula is C12H5F4NO2. The van der Waals surface area contributed by atoms with E-state index >= 15 is 0 Å². The monoisotopic (exact) mass is 271 g/mol. The van der Waals surface area contributed by atoms with Gasteiger partial charge in [-0.25, -0.2) is 0 Å². The Labute approximate surface area is 104 Å². The van der Waals surface area contributed by atoms with Gasteiger partial charge in [0.15, 0.2) is 0 Å². The molecule has 0 atom stereocenters. The smallest absolute Gasteiger partial charge is 0.255 e. The highest BCUT2D eigenvalue weighted by Crippen LogP contribution is 2.29. The van der Waals surface area contributed by atoms with Crippen LogP contribution in [0.5, 0.6) is 11.5 Å². The maximum atomic E-state index is 13.3. The number of hydrogen-bond donors (Lipinski definition) is 0. The number of benzene rings is 1. The van der Waals surface area contributed by atoms with Crippen LogP contribution in [0.1, 0.15) is 10.4 Å². The van der Waals surface area contributed by atoms with Crippen molar-refractivity contribution in [1.29, 1.82) is 0 Å². The predicted octanol–water partition coefficient (Wildman–Crippen LogP) is 3.24. The highest BCUT2D eigenvalue weighted by molar-refractivity contribution is 5.75. The first-order valence-corrected chi connectivity index (χ1v) is 4.96. The number of aromatic nitrogens is 1. The Kier molecular flexibility index (Phi) is 3.46. The molecule has 2 rings (SSSR count). The van der Waals surface area contributed by atoms with Crippen molar-refractivity contribution in [1.82, 2.24) is 4.98 Å². The summed E-state index contributed by atoms with van der Waals surface area (Å²) in [7, 11) is 0. The molecule has 0 spiro atoms. The molecule has 0 saturated carbocycles. The zero-order chi connectivity index (χ0) is 14.0. The van der Waals surface area contributed by atoms with E-state index in [4.69, 9.17) is 4.74 Å². The minimum Gasteiger partial charge on any atom is -0.451 e. The number of pyridine rings is 1. The molecule has 0 N–H and O–H groups in total. The molecule has 98 valence electrons. The number of ether oxygens (including phenoxy) is 1. The van der Waals surface area contributed by atoms with Crippen molar-refractivity contribution in [3.05, 3.63) is 53.4 Å². The Bertz CT molecular complexity index is 620. The second-order valence-corrected chi connectivity index (χ2v) is 3.44. The standard InChI is InChI=1S/C12H5F4NO2/c13-8-10(9(14)12(16)17-11(8)15)19-7-3-1-2-6(4-7)5-18/h1-5H. The largest absolute Gasteiger partial charge is 0.451 e. The van der Waals surface area contributed by atoms with Gasteiger partial charge in [0, 0.05) is 5.56 Å². The van der Waals surface area contributed by atoms with E-state index in [0.29, 0.717) is 6.29 Å². The number of rotatable bonds is 3. The van der Waals surface area contributed by atoms with Crippen LogP contribution in [0.25, 0.3) is 0 Å². The van der Waals surface area contributed by atoms with Crippen LogP contribution in [0.4, 0.5) is 17.6 Å². The summed E-state index contributed by atoms with van der Waals surface area (Å²) in [5.41, 5.74) is 0.174. The van der Waals surface area contributed by atoms with Crippen molar-refractivity contribution in [2.45, 2.75) is 0 Å². The van der Waals surface area contributed by atoms with E-state index < -0.39 is 29.3 Å². The summed E-state index contributed by atoms with van der Waals surface area (Å²) in [5, 5.41) is 0. The van der Waals surface area contributed by atoms with Crippen LogP contribution in [0.3, 0.4) is 0 Å². The number of carbonyl (C=O) groups is 1. The van der Waals surface area contributed by atoms with Crippen LogP contribution in [0.2, 0.25) is 0 Å². The molecule has 0 amide bonds. The van der Waals surface area contributed by atoms with Crippen molar-refractivity contribution >= 4 is 6.29 Å². The molecule has 7 heteroatoms. The van der Waals surface area contributed by atoms with Crippen LogP contribution in [0, 0.1) is 23.5 Å². The lowest BCUT2D eigenvalue weighted by Crippen LogP contribution is -2.03. The summed E-state index contributed by atoms with van der Waals surface area (Å²) in [6.45, 7) is 0. The van der Waals surface area contributed by atoms with Crippen molar-refractivity contribution in [3.8, 4) is 11.5 Å². The summed E-state index contributed by atoms with van der Waals surface area (Å²) in [6.07, 6.45) is 0.479. The second-order valence-electron chi connectivity index (χ2n) is 3.44. The first-order valence-electron chi connectivity index (χ1n) is 4.96. The molecule has 0 bridgehead atoms. The highest BCUT2D eigenvalue weighted by atomic mass is 19.2. The molecule has 1 heterocycles. The zero-order valence-corrected chi connectivity index (χ0v) is 9.16. The molecule has 0 saturated heterocycles. The van der Waals surface area contributed by atoms with E-state index in [1.807, 2.05) is 0 Å². The Hall–Kier alpha value is -2.44. The second kappa shape index (κ2) is 5.05. The Morgan fingerprint density at radius 3 is 2.26 bits per heavy atom. The first-order chi connectivity index (χ1) is 9.02. The summed E-state index contributed by atoms with van der Waals surface area (Å²) in [6, 6.07) is 5.22. The van der Waals surface area contributed by atoms with Gasteiger partial charge in [-0.15, -0.1) is 0 Å². The molecule has 0 aliphatic rings. The molecule has 0 radical (unpaired) electrons. The van der Waals surface area contributed by atoms with Gasteiger partial charge in [0.2, 0.25) is 17.4 Å². The molecule has 0 fully saturated rings. The van der Waals surface area contributed by atoms with Gasteiger partial charge in [-0.2, -0.15) is 22.5 Å². The van der Waals surface area contributed by atoms with E-state index in [0.717, 1.165) is 6.07 Å². The topological polar surface area (TPSA) is 39.2 Å². The van der Waals surface area contributed by atoms with Gasteiger partial charge in [-0.05, 0) is 12.1 Å². The first kappa shape index (κ1) is 13.0. The van der Waals surface area contributed by atoms with Gasteiger partial charge in [0.25, 0.3) is 11.9 Å². The van der Waals surface area contributed by atoms with Crippen LogP contribution in [-0.2, 0) is 0 Å². The minimum atomic E-state index is -1.82. The van der Waals surface area contributed by atoms with Crippen molar-refractivity contribution in [3.63, 3.8) is 0 Å². The summed E-state index contributed by atoms with van der Waals surface area (Å²) < 4.78 is 56.9. The van der Waals surface area contributed by atoms with Gasteiger partial charge in [0.1, 0.15) is 12.0 Å². The number of hydrogen-bond acceptors (Lipinski definition) is 3. The van der Waals surface area contributed by atoms with E-state index in [1.165, 1.54) is 18.2 Å². The third kappa shape index (κ3) is 2.54. The normalized spacial score (nSPS) is 10.3. The minimum absolute atomic E-state index is 0.146. The Morgan fingerprint density at radius 1 is 1.05 bits per heavy atom. The molecule has 1 aromatic carbocycles. The van der Waals surface area contributed by atoms with Gasteiger partial charge in [-0.3, -0.25) is 4.79 Å². The van der Waals surface area contributed by atoms with E-state index in [9.17, 15) is 22.4 Å². The lowest BCUT2D eigenvalue weighted by atomic mass is 10.2. The van der Waals surface area contributed by atoms with E-state index in [2.05, 4.69) is 4.98 Å².